The van der Waals surface area contributed by atoms with Crippen LogP contribution in [-0.4, -0.2) is 59.2 Å². The number of hydrogen-bond acceptors (Lipinski definition) is 4. The van der Waals surface area contributed by atoms with Gasteiger partial charge in [0, 0.05) is 32.1 Å². The lowest BCUT2D eigenvalue weighted by molar-refractivity contribution is -0.141. The van der Waals surface area contributed by atoms with Crippen LogP contribution in [0.4, 0.5) is 0 Å². The third-order valence-corrected chi connectivity index (χ3v) is 4.28. The maximum absolute atomic E-state index is 12.3. The van der Waals surface area contributed by atoms with E-state index in [0.29, 0.717) is 13.0 Å². The molecule has 2 aliphatic rings. The van der Waals surface area contributed by atoms with E-state index in [4.69, 9.17) is 0 Å². The van der Waals surface area contributed by atoms with Crippen LogP contribution in [0.15, 0.2) is 0 Å². The van der Waals surface area contributed by atoms with Crippen molar-refractivity contribution >= 4 is 17.7 Å². The SMILES string of the molecule is CCC(C)N1C(=O)CC(NC2CCC(=O)N(C)C2)C1=O. The molecule has 2 heterocycles. The van der Waals surface area contributed by atoms with E-state index in [9.17, 15) is 14.4 Å². The number of nitrogens with one attached hydrogen (secondary N) is 1. The summed E-state index contributed by atoms with van der Waals surface area (Å²) in [5.74, 6) is -0.0795. The van der Waals surface area contributed by atoms with Gasteiger partial charge in [-0.3, -0.25) is 19.3 Å². The number of likely N-dealkylation sites (tertiary alicyclic amines) is 2. The van der Waals surface area contributed by atoms with E-state index in [0.717, 1.165) is 12.8 Å². The third-order valence-electron chi connectivity index (χ3n) is 4.28. The van der Waals surface area contributed by atoms with Crippen molar-refractivity contribution in [2.45, 2.75) is 57.7 Å². The van der Waals surface area contributed by atoms with Gasteiger partial charge in [-0.1, -0.05) is 6.92 Å². The molecular weight excluding hydrogens is 258 g/mol. The molecule has 6 nitrogen and oxygen atoms in total. The molecule has 6 heteroatoms. The van der Waals surface area contributed by atoms with Gasteiger partial charge in [-0.25, -0.2) is 0 Å². The Balaban J connectivity index is 1.96. The van der Waals surface area contributed by atoms with Crippen LogP contribution in [0.5, 0.6) is 0 Å². The van der Waals surface area contributed by atoms with E-state index in [-0.39, 0.29) is 36.2 Å². The van der Waals surface area contributed by atoms with Crippen molar-refractivity contribution in [3.8, 4) is 0 Å². The largest absolute Gasteiger partial charge is 0.344 e. The molecule has 0 aliphatic carbocycles. The van der Waals surface area contributed by atoms with E-state index in [1.165, 1.54) is 4.90 Å². The average Bonchev–Trinajstić information content (AvgIpc) is 2.68. The first kappa shape index (κ1) is 15.0. The average molecular weight is 281 g/mol. The standard InChI is InChI=1S/C14H23N3O3/c1-4-9(2)17-13(19)7-11(14(17)20)15-10-5-6-12(18)16(3)8-10/h9-11,15H,4-8H2,1-3H3. The van der Waals surface area contributed by atoms with Gasteiger partial charge in [0.25, 0.3) is 0 Å². The fourth-order valence-corrected chi connectivity index (χ4v) is 2.86. The second-order valence-electron chi connectivity index (χ2n) is 5.79. The van der Waals surface area contributed by atoms with Gasteiger partial charge < -0.3 is 10.2 Å². The number of carbonyl (C=O) groups is 3. The summed E-state index contributed by atoms with van der Waals surface area (Å²) in [4.78, 5) is 38.8. The Morgan fingerprint density at radius 1 is 1.30 bits per heavy atom. The van der Waals surface area contributed by atoms with E-state index in [2.05, 4.69) is 5.32 Å². The number of imide groups is 1. The van der Waals surface area contributed by atoms with Crippen LogP contribution in [-0.2, 0) is 14.4 Å². The minimum atomic E-state index is -0.428. The summed E-state index contributed by atoms with van der Waals surface area (Å²) >= 11 is 0. The monoisotopic (exact) mass is 281 g/mol. The van der Waals surface area contributed by atoms with E-state index in [1.54, 1.807) is 11.9 Å². The van der Waals surface area contributed by atoms with Crippen LogP contribution in [0, 0.1) is 0 Å². The number of hydrogen-bond donors (Lipinski definition) is 1. The van der Waals surface area contributed by atoms with Crippen LogP contribution in [0.1, 0.15) is 39.5 Å². The van der Waals surface area contributed by atoms with Crippen molar-refractivity contribution in [1.82, 2.24) is 15.1 Å². The summed E-state index contributed by atoms with van der Waals surface area (Å²) < 4.78 is 0. The van der Waals surface area contributed by atoms with Crippen LogP contribution >= 0.6 is 0 Å². The number of amides is 3. The van der Waals surface area contributed by atoms with E-state index in [1.807, 2.05) is 13.8 Å². The topological polar surface area (TPSA) is 69.7 Å². The van der Waals surface area contributed by atoms with Crippen molar-refractivity contribution in [3.05, 3.63) is 0 Å². The molecule has 3 atom stereocenters. The van der Waals surface area contributed by atoms with Crippen molar-refractivity contribution in [1.29, 1.82) is 0 Å². The molecule has 0 aromatic carbocycles. The molecule has 0 spiro atoms. The van der Waals surface area contributed by atoms with Gasteiger partial charge in [-0.2, -0.15) is 0 Å². The Morgan fingerprint density at radius 2 is 2.00 bits per heavy atom. The lowest BCUT2D eigenvalue weighted by Crippen LogP contribution is -2.52. The third kappa shape index (κ3) is 2.85. The Bertz CT molecular complexity index is 424. The highest BCUT2D eigenvalue weighted by molar-refractivity contribution is 6.05. The van der Waals surface area contributed by atoms with Crippen molar-refractivity contribution in [2.75, 3.05) is 13.6 Å². The smallest absolute Gasteiger partial charge is 0.247 e. The number of carbonyl (C=O) groups excluding carboxylic acids is 3. The Hall–Kier alpha value is -1.43. The number of piperidine rings is 1. The lowest BCUT2D eigenvalue weighted by atomic mass is 10.0. The molecule has 0 radical (unpaired) electrons. The molecule has 1 N–H and O–H groups in total. The quantitative estimate of drug-likeness (QED) is 0.743. The van der Waals surface area contributed by atoms with E-state index >= 15 is 0 Å². The molecular formula is C14H23N3O3. The van der Waals surface area contributed by atoms with Crippen LogP contribution < -0.4 is 5.32 Å². The Kier molecular flexibility index (Phi) is 4.42. The van der Waals surface area contributed by atoms with Crippen LogP contribution in [0.25, 0.3) is 0 Å². The molecule has 0 aromatic rings. The summed E-state index contributed by atoms with van der Waals surface area (Å²) in [7, 11) is 1.77. The Labute approximate surface area is 119 Å². The Morgan fingerprint density at radius 3 is 2.60 bits per heavy atom. The molecule has 2 fully saturated rings. The highest BCUT2D eigenvalue weighted by Gasteiger charge is 2.41. The highest BCUT2D eigenvalue weighted by atomic mass is 16.2. The van der Waals surface area contributed by atoms with Gasteiger partial charge in [0.15, 0.2) is 0 Å². The van der Waals surface area contributed by atoms with Gasteiger partial charge in [-0.15, -0.1) is 0 Å². The summed E-state index contributed by atoms with van der Waals surface area (Å²) in [6.07, 6.45) is 2.23. The molecule has 0 aromatic heterocycles. The predicted octanol–water partition coefficient (Wildman–Crippen LogP) is 0.123. The minimum absolute atomic E-state index is 0.0441. The van der Waals surface area contributed by atoms with Gasteiger partial charge >= 0.3 is 0 Å². The lowest BCUT2D eigenvalue weighted by Gasteiger charge is -2.31. The van der Waals surface area contributed by atoms with E-state index < -0.39 is 6.04 Å². The second kappa shape index (κ2) is 5.91. The van der Waals surface area contributed by atoms with Crippen molar-refractivity contribution < 1.29 is 14.4 Å². The van der Waals surface area contributed by atoms with Gasteiger partial charge in [0.05, 0.1) is 12.5 Å². The molecule has 0 saturated carbocycles. The molecule has 2 aliphatic heterocycles. The molecule has 2 saturated heterocycles. The molecule has 2 rings (SSSR count). The summed E-state index contributed by atoms with van der Waals surface area (Å²) in [5.41, 5.74) is 0. The number of nitrogens with zero attached hydrogens (tertiary/aromatic N) is 2. The summed E-state index contributed by atoms with van der Waals surface area (Å²) in [6.45, 7) is 4.46. The molecule has 20 heavy (non-hydrogen) atoms. The van der Waals surface area contributed by atoms with Gasteiger partial charge in [0.2, 0.25) is 17.7 Å². The molecule has 3 amide bonds. The maximum Gasteiger partial charge on any atom is 0.247 e. The summed E-state index contributed by atoms with van der Waals surface area (Å²) in [6, 6.07) is -0.378. The molecule has 3 unspecified atom stereocenters. The van der Waals surface area contributed by atoms with Crippen LogP contribution in [0.2, 0.25) is 0 Å². The molecule has 112 valence electrons. The first-order valence-corrected chi connectivity index (χ1v) is 7.30. The van der Waals surface area contributed by atoms with Gasteiger partial charge in [0.1, 0.15) is 0 Å². The summed E-state index contributed by atoms with van der Waals surface area (Å²) in [5, 5.41) is 3.25. The fraction of sp³-hybridized carbons (Fsp3) is 0.786. The van der Waals surface area contributed by atoms with Gasteiger partial charge in [-0.05, 0) is 19.8 Å². The highest BCUT2D eigenvalue weighted by Crippen LogP contribution is 2.20. The maximum atomic E-state index is 12.3. The second-order valence-corrected chi connectivity index (χ2v) is 5.79. The van der Waals surface area contributed by atoms with Crippen molar-refractivity contribution in [3.63, 3.8) is 0 Å². The minimum Gasteiger partial charge on any atom is -0.344 e. The van der Waals surface area contributed by atoms with Crippen molar-refractivity contribution in [2.24, 2.45) is 0 Å². The predicted molar refractivity (Wildman–Crippen MR) is 73.8 cm³/mol. The normalized spacial score (nSPS) is 29.2. The first-order chi connectivity index (χ1) is 9.43. The fourth-order valence-electron chi connectivity index (χ4n) is 2.86. The number of likely N-dealkylation sites (N-methyl/N-ethyl adjacent to an activating group) is 1. The first-order valence-electron chi connectivity index (χ1n) is 7.30. The zero-order valence-corrected chi connectivity index (χ0v) is 12.4. The zero-order valence-electron chi connectivity index (χ0n) is 12.4. The molecule has 0 bridgehead atoms. The zero-order chi connectivity index (χ0) is 14.9. The number of rotatable bonds is 4. The van der Waals surface area contributed by atoms with Crippen LogP contribution in [0.3, 0.4) is 0 Å².